The van der Waals surface area contributed by atoms with Crippen molar-refractivity contribution in [2.45, 2.75) is 44.1 Å². The van der Waals surface area contributed by atoms with Crippen LogP contribution in [0.2, 0.25) is 10.0 Å². The zero-order chi connectivity index (χ0) is 25.8. The Balaban J connectivity index is 1.68. The fraction of sp³-hybridized carbons (Fsp3) is 0.385. The maximum atomic E-state index is 13.5. The predicted octanol–water partition coefficient (Wildman–Crippen LogP) is 3.95. The molecule has 0 radical (unpaired) electrons. The molecule has 3 atom stereocenters. The minimum absolute atomic E-state index is 0.0878. The first-order chi connectivity index (χ1) is 17.3. The van der Waals surface area contributed by atoms with Crippen molar-refractivity contribution in [1.29, 1.82) is 0 Å². The van der Waals surface area contributed by atoms with Gasteiger partial charge >= 0.3 is 0 Å². The maximum Gasteiger partial charge on any atom is 0.247 e. The van der Waals surface area contributed by atoms with Crippen LogP contribution in [0.4, 0.5) is 0 Å². The van der Waals surface area contributed by atoms with Crippen molar-refractivity contribution in [2.75, 3.05) is 13.2 Å². The van der Waals surface area contributed by atoms with Gasteiger partial charge in [-0.3, -0.25) is 9.59 Å². The number of aliphatic hydroxyl groups excluding tert-OH is 2. The average molecular weight is 645 g/mol. The Morgan fingerprint density at radius 3 is 2.58 bits per heavy atom. The second-order valence-corrected chi connectivity index (χ2v) is 10.9. The number of carbonyl (C=O) groups excluding carboxylic acids is 2. The Morgan fingerprint density at radius 2 is 1.92 bits per heavy atom. The number of para-hydroxylation sites is 1. The summed E-state index contributed by atoms with van der Waals surface area (Å²) in [4.78, 5) is 28.0. The van der Waals surface area contributed by atoms with E-state index in [2.05, 4.69) is 27.9 Å². The fourth-order valence-electron chi connectivity index (χ4n) is 4.22. The van der Waals surface area contributed by atoms with E-state index in [1.165, 1.54) is 0 Å². The van der Waals surface area contributed by atoms with Crippen molar-refractivity contribution in [3.63, 3.8) is 0 Å². The Kier molecular flexibility index (Phi) is 9.16. The fourth-order valence-corrected chi connectivity index (χ4v) is 5.21. The minimum Gasteiger partial charge on any atom is -0.482 e. The lowest BCUT2D eigenvalue weighted by atomic mass is 9.87. The van der Waals surface area contributed by atoms with Gasteiger partial charge < -0.3 is 25.2 Å². The summed E-state index contributed by atoms with van der Waals surface area (Å²) < 4.78 is 7.01. The molecule has 2 amide bonds. The quantitative estimate of drug-likeness (QED) is 0.359. The Labute approximate surface area is 233 Å². The molecule has 192 valence electrons. The van der Waals surface area contributed by atoms with Crippen LogP contribution in [0.3, 0.4) is 0 Å². The van der Waals surface area contributed by atoms with Gasteiger partial charge in [0.1, 0.15) is 18.0 Å². The Hall–Kier alpha value is -1.85. The number of halogens is 3. The summed E-state index contributed by atoms with van der Waals surface area (Å²) in [6.07, 6.45) is 1.34. The number of amides is 2. The molecule has 3 unspecified atom stereocenters. The molecule has 0 aliphatic heterocycles. The van der Waals surface area contributed by atoms with Crippen LogP contribution in [-0.4, -0.2) is 58.3 Å². The summed E-state index contributed by atoms with van der Waals surface area (Å²) in [6, 6.07) is 11.7. The van der Waals surface area contributed by atoms with Crippen LogP contribution in [0, 0.1) is 9.49 Å². The molecule has 1 fully saturated rings. The number of benzene rings is 2. The van der Waals surface area contributed by atoms with Crippen LogP contribution >= 0.6 is 45.8 Å². The van der Waals surface area contributed by atoms with Crippen LogP contribution in [0.1, 0.15) is 24.8 Å². The molecule has 36 heavy (non-hydrogen) atoms. The average Bonchev–Trinajstić information content (AvgIpc) is 3.70. The van der Waals surface area contributed by atoms with Gasteiger partial charge in [0.15, 0.2) is 0 Å². The topological polar surface area (TPSA) is 99.1 Å². The largest absolute Gasteiger partial charge is 0.482 e. The molecule has 0 bridgehead atoms. The molecule has 4 rings (SSSR count). The van der Waals surface area contributed by atoms with Gasteiger partial charge in [-0.1, -0.05) is 41.4 Å². The van der Waals surface area contributed by atoms with Crippen molar-refractivity contribution in [3.8, 4) is 5.75 Å². The van der Waals surface area contributed by atoms with Crippen molar-refractivity contribution in [2.24, 2.45) is 5.92 Å². The van der Waals surface area contributed by atoms with E-state index >= 15 is 0 Å². The lowest BCUT2D eigenvalue weighted by molar-refractivity contribution is -0.140. The molecule has 0 saturated heterocycles. The van der Waals surface area contributed by atoms with E-state index in [1.807, 2.05) is 18.2 Å². The predicted molar refractivity (Wildman–Crippen MR) is 146 cm³/mol. The monoisotopic (exact) mass is 644 g/mol. The van der Waals surface area contributed by atoms with Gasteiger partial charge in [-0.25, -0.2) is 0 Å². The summed E-state index contributed by atoms with van der Waals surface area (Å²) in [5, 5.41) is 24.2. The maximum absolute atomic E-state index is 13.5. The molecule has 3 N–H and O–H groups in total. The normalized spacial score (nSPS) is 21.5. The molecule has 2 aliphatic rings. The highest BCUT2D eigenvalue weighted by molar-refractivity contribution is 14.1. The van der Waals surface area contributed by atoms with Crippen molar-refractivity contribution in [1.82, 2.24) is 10.2 Å². The second kappa shape index (κ2) is 12.1. The van der Waals surface area contributed by atoms with Gasteiger partial charge in [0.2, 0.25) is 11.8 Å². The summed E-state index contributed by atoms with van der Waals surface area (Å²) in [7, 11) is 0. The summed E-state index contributed by atoms with van der Waals surface area (Å²) in [6.45, 7) is 0.0549. The summed E-state index contributed by atoms with van der Waals surface area (Å²) in [5.74, 6) is -0.0129. The van der Waals surface area contributed by atoms with E-state index < -0.39 is 18.2 Å². The lowest BCUT2D eigenvalue weighted by Gasteiger charge is -2.41. The highest BCUT2D eigenvalue weighted by atomic mass is 127. The number of nitrogens with one attached hydrogen (secondary N) is 1. The first-order valence-corrected chi connectivity index (χ1v) is 13.6. The molecule has 7 nitrogen and oxygen atoms in total. The highest BCUT2D eigenvalue weighted by Crippen LogP contribution is 2.36. The van der Waals surface area contributed by atoms with Crippen LogP contribution < -0.4 is 10.1 Å². The van der Waals surface area contributed by atoms with Crippen LogP contribution in [0.15, 0.2) is 54.1 Å². The number of nitrogens with zero attached hydrogens (tertiary/aromatic N) is 1. The number of hydrogen-bond acceptors (Lipinski definition) is 5. The minimum atomic E-state index is -1.09. The van der Waals surface area contributed by atoms with Crippen LogP contribution in [-0.2, 0) is 16.1 Å². The molecule has 2 aromatic carbocycles. The lowest BCUT2D eigenvalue weighted by Crippen LogP contribution is -2.55. The molecule has 2 aromatic rings. The Morgan fingerprint density at radius 1 is 1.17 bits per heavy atom. The third kappa shape index (κ3) is 6.52. The molecular formula is C26H27Cl2IN2O5. The molecule has 0 aromatic heterocycles. The number of hydrogen-bond donors (Lipinski definition) is 3. The van der Waals surface area contributed by atoms with Gasteiger partial charge in [0.05, 0.1) is 16.2 Å². The van der Waals surface area contributed by atoms with E-state index in [0.717, 1.165) is 16.4 Å². The summed E-state index contributed by atoms with van der Waals surface area (Å²) >= 11 is 14.6. The number of aliphatic hydroxyl groups is 2. The molecule has 0 spiro atoms. The van der Waals surface area contributed by atoms with Crippen LogP contribution in [0.5, 0.6) is 5.75 Å². The van der Waals surface area contributed by atoms with E-state index in [0.29, 0.717) is 26.9 Å². The zero-order valence-corrected chi connectivity index (χ0v) is 23.0. The first-order valence-electron chi connectivity index (χ1n) is 11.7. The highest BCUT2D eigenvalue weighted by Gasteiger charge is 2.44. The van der Waals surface area contributed by atoms with Crippen molar-refractivity contribution in [3.05, 3.63) is 73.3 Å². The molecule has 2 aliphatic carbocycles. The number of ether oxygens (including phenoxy) is 1. The zero-order valence-electron chi connectivity index (χ0n) is 19.4. The standard InChI is InChI=1S/C26H27Cl2IN2O5/c27-18-8-7-16(19(28)13-18)14-31(26(35)15-5-6-15)21-11-17(25(34)30-9-10-32)12-23(24(21)33)36-22-4-2-1-3-20(22)29/h1-4,7-8,12-13,15,21,23-24,32-33H,5-6,9-11,14H2,(H,30,34). The second-order valence-electron chi connectivity index (χ2n) is 8.92. The molecule has 0 heterocycles. The SMILES string of the molecule is O=C(NCCO)C1=CC(Oc2ccccc2I)C(O)C(N(Cc2ccc(Cl)cc2Cl)C(=O)C2CC2)C1. The van der Waals surface area contributed by atoms with Gasteiger partial charge in [-0.05, 0) is 71.3 Å². The van der Waals surface area contributed by atoms with E-state index in [9.17, 15) is 14.7 Å². The van der Waals surface area contributed by atoms with Gasteiger partial charge in [0, 0.05) is 41.0 Å². The summed E-state index contributed by atoms with van der Waals surface area (Å²) in [5.41, 5.74) is 1.07. The third-order valence-corrected chi connectivity index (χ3v) is 7.76. The van der Waals surface area contributed by atoms with E-state index in [-0.39, 0.29) is 43.8 Å². The molecule has 1 saturated carbocycles. The molecular weight excluding hydrogens is 618 g/mol. The van der Waals surface area contributed by atoms with E-state index in [1.54, 1.807) is 35.2 Å². The molecule has 10 heteroatoms. The van der Waals surface area contributed by atoms with Gasteiger partial charge in [0.25, 0.3) is 0 Å². The first kappa shape index (κ1) is 27.2. The van der Waals surface area contributed by atoms with E-state index in [4.69, 9.17) is 33.0 Å². The number of carbonyl (C=O) groups is 2. The third-order valence-electron chi connectivity index (χ3n) is 6.28. The van der Waals surface area contributed by atoms with Crippen LogP contribution in [0.25, 0.3) is 0 Å². The smallest absolute Gasteiger partial charge is 0.247 e. The van der Waals surface area contributed by atoms with Gasteiger partial charge in [-0.2, -0.15) is 0 Å². The van der Waals surface area contributed by atoms with Crippen molar-refractivity contribution < 1.29 is 24.5 Å². The number of rotatable bonds is 9. The van der Waals surface area contributed by atoms with Gasteiger partial charge in [-0.15, -0.1) is 0 Å². The Bertz CT molecular complexity index is 1160. The van der Waals surface area contributed by atoms with Crippen molar-refractivity contribution >= 4 is 57.6 Å².